The highest BCUT2D eigenvalue weighted by Crippen LogP contribution is 2.16. The van der Waals surface area contributed by atoms with Crippen molar-refractivity contribution in [1.82, 2.24) is 9.62 Å². The number of carbonyl (C=O) groups excluding carboxylic acids is 2. The van der Waals surface area contributed by atoms with Crippen LogP contribution in [-0.2, 0) is 21.4 Å². The first-order valence-electron chi connectivity index (χ1n) is 8.79. The Hall–Kier alpha value is -2.58. The van der Waals surface area contributed by atoms with Gasteiger partial charge in [-0.05, 0) is 31.5 Å². The number of carbonyl (C=O) groups is 2. The van der Waals surface area contributed by atoms with Crippen LogP contribution in [0.15, 0.2) is 53.4 Å². The third-order valence-electron chi connectivity index (χ3n) is 4.28. The molecule has 0 saturated carbocycles. The van der Waals surface area contributed by atoms with Crippen molar-refractivity contribution in [2.24, 2.45) is 0 Å². The van der Waals surface area contributed by atoms with E-state index in [9.17, 15) is 22.4 Å². The highest BCUT2D eigenvalue weighted by Gasteiger charge is 2.20. The van der Waals surface area contributed by atoms with E-state index in [0.717, 1.165) is 0 Å². The molecule has 0 fully saturated rings. The number of benzene rings is 2. The summed E-state index contributed by atoms with van der Waals surface area (Å²) in [5.41, 5.74) is 0.831. The van der Waals surface area contributed by atoms with Crippen molar-refractivity contribution in [1.29, 1.82) is 0 Å². The Bertz CT molecular complexity index is 943. The second-order valence-electron chi connectivity index (χ2n) is 6.38. The maximum absolute atomic E-state index is 13.5. The first-order chi connectivity index (χ1) is 13.2. The molecule has 2 aromatic rings. The van der Waals surface area contributed by atoms with Crippen LogP contribution in [0.4, 0.5) is 4.39 Å². The lowest BCUT2D eigenvalue weighted by Gasteiger charge is -2.17. The second-order valence-corrected chi connectivity index (χ2v) is 8.42. The fourth-order valence-corrected chi connectivity index (χ4v) is 3.76. The monoisotopic (exact) mass is 406 g/mol. The molecule has 2 rings (SSSR count). The Kier molecular flexibility index (Phi) is 7.42. The van der Waals surface area contributed by atoms with Gasteiger partial charge in [0.2, 0.25) is 15.9 Å². The molecule has 0 aliphatic carbocycles. The van der Waals surface area contributed by atoms with Crippen molar-refractivity contribution < 1.29 is 22.4 Å². The standard InChI is InChI=1S/C20H23FN2O4S/c1-15(24)16-9-11-18(12-10-16)28(26,27)23(2)13-5-8-20(25)22-14-17-6-3-4-7-19(17)21/h3-4,6-7,9-12H,5,8,13-14H2,1-2H3,(H,22,25). The number of rotatable bonds is 9. The quantitative estimate of drug-likeness (QED) is 0.649. The SMILES string of the molecule is CC(=O)c1ccc(S(=O)(=O)N(C)CCCC(=O)NCc2ccccc2F)cc1. The van der Waals surface area contributed by atoms with E-state index in [-0.39, 0.29) is 41.9 Å². The Morgan fingerprint density at radius 1 is 1.07 bits per heavy atom. The third-order valence-corrected chi connectivity index (χ3v) is 6.15. The molecule has 0 atom stereocenters. The van der Waals surface area contributed by atoms with Crippen LogP contribution < -0.4 is 5.32 Å². The van der Waals surface area contributed by atoms with Gasteiger partial charge in [-0.2, -0.15) is 0 Å². The average molecular weight is 406 g/mol. The zero-order valence-corrected chi connectivity index (χ0v) is 16.6. The fourth-order valence-electron chi connectivity index (χ4n) is 2.55. The molecule has 2 aromatic carbocycles. The van der Waals surface area contributed by atoms with Crippen molar-refractivity contribution >= 4 is 21.7 Å². The zero-order chi connectivity index (χ0) is 20.7. The number of halogens is 1. The van der Waals surface area contributed by atoms with Crippen LogP contribution in [0.5, 0.6) is 0 Å². The number of amides is 1. The first kappa shape index (κ1) is 21.7. The lowest BCUT2D eigenvalue weighted by atomic mass is 10.2. The smallest absolute Gasteiger partial charge is 0.242 e. The van der Waals surface area contributed by atoms with E-state index < -0.39 is 10.0 Å². The van der Waals surface area contributed by atoms with Gasteiger partial charge in [-0.25, -0.2) is 17.1 Å². The van der Waals surface area contributed by atoms with E-state index in [1.165, 1.54) is 48.6 Å². The number of hydrogen-bond acceptors (Lipinski definition) is 4. The number of ketones is 1. The largest absolute Gasteiger partial charge is 0.352 e. The minimum Gasteiger partial charge on any atom is -0.352 e. The average Bonchev–Trinajstić information content (AvgIpc) is 2.67. The number of Topliss-reactive ketones (excluding diaryl/α,β-unsaturated/α-hetero) is 1. The van der Waals surface area contributed by atoms with Gasteiger partial charge in [0.05, 0.1) is 4.90 Å². The molecule has 1 N–H and O–H groups in total. The summed E-state index contributed by atoms with van der Waals surface area (Å²) in [6.45, 7) is 1.65. The minimum absolute atomic E-state index is 0.0855. The van der Waals surface area contributed by atoms with Gasteiger partial charge in [0.15, 0.2) is 5.78 Å². The number of nitrogens with zero attached hydrogens (tertiary/aromatic N) is 1. The van der Waals surface area contributed by atoms with E-state index in [2.05, 4.69) is 5.32 Å². The summed E-state index contributed by atoms with van der Waals surface area (Å²) in [6.07, 6.45) is 0.446. The van der Waals surface area contributed by atoms with Crippen molar-refractivity contribution in [3.63, 3.8) is 0 Å². The van der Waals surface area contributed by atoms with Crippen LogP contribution in [0.1, 0.15) is 35.7 Å². The van der Waals surface area contributed by atoms with E-state index in [4.69, 9.17) is 0 Å². The molecule has 6 nitrogen and oxygen atoms in total. The van der Waals surface area contributed by atoms with Crippen LogP contribution in [0, 0.1) is 5.82 Å². The van der Waals surface area contributed by atoms with Gasteiger partial charge in [-0.3, -0.25) is 9.59 Å². The normalized spacial score (nSPS) is 11.4. The Balaban J connectivity index is 1.83. The molecule has 28 heavy (non-hydrogen) atoms. The van der Waals surface area contributed by atoms with Crippen LogP contribution in [-0.4, -0.2) is 38.0 Å². The van der Waals surface area contributed by atoms with Gasteiger partial charge in [0, 0.05) is 37.7 Å². The molecule has 0 unspecified atom stereocenters. The van der Waals surface area contributed by atoms with Crippen LogP contribution >= 0.6 is 0 Å². The predicted octanol–water partition coefficient (Wildman–Crippen LogP) is 2.75. The highest BCUT2D eigenvalue weighted by atomic mass is 32.2. The Morgan fingerprint density at radius 3 is 2.32 bits per heavy atom. The summed E-state index contributed by atoms with van der Waals surface area (Å²) in [7, 11) is -2.26. The molecule has 8 heteroatoms. The zero-order valence-electron chi connectivity index (χ0n) is 15.8. The van der Waals surface area contributed by atoms with E-state index in [0.29, 0.717) is 17.5 Å². The van der Waals surface area contributed by atoms with Crippen molar-refractivity contribution in [3.8, 4) is 0 Å². The third kappa shape index (κ3) is 5.71. The second kappa shape index (κ2) is 9.57. The molecule has 0 heterocycles. The number of sulfonamides is 1. The van der Waals surface area contributed by atoms with Gasteiger partial charge >= 0.3 is 0 Å². The van der Waals surface area contributed by atoms with Crippen molar-refractivity contribution in [2.75, 3.05) is 13.6 Å². The molecule has 0 saturated heterocycles. The number of nitrogens with one attached hydrogen (secondary N) is 1. The predicted molar refractivity (Wildman–Crippen MR) is 104 cm³/mol. The lowest BCUT2D eigenvalue weighted by molar-refractivity contribution is -0.121. The molecule has 0 aliphatic rings. The Labute approximate surface area is 164 Å². The van der Waals surface area contributed by atoms with Gasteiger partial charge < -0.3 is 5.32 Å². The summed E-state index contributed by atoms with van der Waals surface area (Å²) in [5, 5.41) is 2.62. The summed E-state index contributed by atoms with van der Waals surface area (Å²) >= 11 is 0. The molecular formula is C20H23FN2O4S. The molecule has 150 valence electrons. The highest BCUT2D eigenvalue weighted by molar-refractivity contribution is 7.89. The molecule has 0 aromatic heterocycles. The summed E-state index contributed by atoms with van der Waals surface area (Å²) in [6, 6.07) is 11.9. The maximum atomic E-state index is 13.5. The first-order valence-corrected chi connectivity index (χ1v) is 10.2. The van der Waals surface area contributed by atoms with Gasteiger partial charge in [-0.15, -0.1) is 0 Å². The van der Waals surface area contributed by atoms with E-state index in [1.807, 2.05) is 0 Å². The summed E-state index contributed by atoms with van der Waals surface area (Å²) in [5.74, 6) is -0.803. The van der Waals surface area contributed by atoms with Gasteiger partial charge in [-0.1, -0.05) is 30.3 Å². The van der Waals surface area contributed by atoms with Crippen molar-refractivity contribution in [3.05, 3.63) is 65.5 Å². The lowest BCUT2D eigenvalue weighted by Crippen LogP contribution is -2.29. The molecule has 0 aliphatic heterocycles. The fraction of sp³-hybridized carbons (Fsp3) is 0.300. The van der Waals surface area contributed by atoms with Crippen LogP contribution in [0.2, 0.25) is 0 Å². The van der Waals surface area contributed by atoms with Crippen LogP contribution in [0.3, 0.4) is 0 Å². The van der Waals surface area contributed by atoms with E-state index >= 15 is 0 Å². The molecule has 0 spiro atoms. The van der Waals surface area contributed by atoms with Crippen LogP contribution in [0.25, 0.3) is 0 Å². The molecular weight excluding hydrogens is 383 g/mol. The maximum Gasteiger partial charge on any atom is 0.242 e. The number of hydrogen-bond donors (Lipinski definition) is 1. The molecule has 1 amide bonds. The van der Waals surface area contributed by atoms with E-state index in [1.54, 1.807) is 18.2 Å². The topological polar surface area (TPSA) is 83.6 Å². The molecule has 0 radical (unpaired) electrons. The summed E-state index contributed by atoms with van der Waals surface area (Å²) in [4.78, 5) is 23.3. The summed E-state index contributed by atoms with van der Waals surface area (Å²) < 4.78 is 39.8. The van der Waals surface area contributed by atoms with Crippen molar-refractivity contribution in [2.45, 2.75) is 31.2 Å². The minimum atomic E-state index is -3.70. The van der Waals surface area contributed by atoms with Gasteiger partial charge in [0.1, 0.15) is 5.82 Å². The van der Waals surface area contributed by atoms with Gasteiger partial charge in [0.25, 0.3) is 0 Å². The Morgan fingerprint density at radius 2 is 1.71 bits per heavy atom. The molecule has 0 bridgehead atoms.